The fourth-order valence-electron chi connectivity index (χ4n) is 1.29. The lowest BCUT2D eigenvalue weighted by molar-refractivity contribution is 0.998. The Labute approximate surface area is 97.1 Å². The van der Waals surface area contributed by atoms with E-state index in [1.54, 1.807) is 0 Å². The number of benzene rings is 1. The highest BCUT2D eigenvalue weighted by atomic mass is 79.9. The standard InChI is InChI=1S/C10H9BrN2.ClH/c11-10-3-1-2-7-6-13-8(5-12)4-9(7)10;/h1-4,6H,5,12H2;1H. The van der Waals surface area contributed by atoms with E-state index in [0.717, 1.165) is 20.9 Å². The average molecular weight is 274 g/mol. The zero-order chi connectivity index (χ0) is 9.26. The number of halogens is 2. The van der Waals surface area contributed by atoms with Gasteiger partial charge in [0.15, 0.2) is 0 Å². The fourth-order valence-corrected chi connectivity index (χ4v) is 1.78. The summed E-state index contributed by atoms with van der Waals surface area (Å²) >= 11 is 3.49. The summed E-state index contributed by atoms with van der Waals surface area (Å²) in [4.78, 5) is 4.22. The van der Waals surface area contributed by atoms with Crippen LogP contribution in [0.3, 0.4) is 0 Å². The third-order valence-corrected chi connectivity index (χ3v) is 2.67. The maximum Gasteiger partial charge on any atom is 0.0546 e. The van der Waals surface area contributed by atoms with Crippen LogP contribution < -0.4 is 5.73 Å². The van der Waals surface area contributed by atoms with Gasteiger partial charge in [-0.05, 0) is 17.5 Å². The highest BCUT2D eigenvalue weighted by molar-refractivity contribution is 9.10. The zero-order valence-corrected chi connectivity index (χ0v) is 9.81. The molecule has 2 rings (SSSR count). The molecule has 0 saturated carbocycles. The van der Waals surface area contributed by atoms with Crippen molar-refractivity contribution >= 4 is 39.1 Å². The molecular formula is C10H10BrClN2. The van der Waals surface area contributed by atoms with Crippen LogP contribution in [0.2, 0.25) is 0 Å². The van der Waals surface area contributed by atoms with Gasteiger partial charge in [0.05, 0.1) is 5.69 Å². The van der Waals surface area contributed by atoms with Gasteiger partial charge in [-0.25, -0.2) is 0 Å². The normalized spacial score (nSPS) is 9.86. The van der Waals surface area contributed by atoms with Gasteiger partial charge in [0.1, 0.15) is 0 Å². The summed E-state index contributed by atoms with van der Waals surface area (Å²) in [6.07, 6.45) is 1.85. The first-order valence-electron chi connectivity index (χ1n) is 4.04. The first kappa shape index (κ1) is 11.4. The van der Waals surface area contributed by atoms with Crippen LogP contribution in [0.5, 0.6) is 0 Å². The molecule has 2 aromatic rings. The monoisotopic (exact) mass is 272 g/mol. The summed E-state index contributed by atoms with van der Waals surface area (Å²) in [5, 5.41) is 2.30. The van der Waals surface area contributed by atoms with Crippen molar-refractivity contribution in [1.29, 1.82) is 0 Å². The summed E-state index contributed by atoms with van der Waals surface area (Å²) in [5.74, 6) is 0. The molecule has 0 aliphatic rings. The van der Waals surface area contributed by atoms with Crippen LogP contribution in [-0.4, -0.2) is 4.98 Å². The maximum atomic E-state index is 5.51. The van der Waals surface area contributed by atoms with Crippen molar-refractivity contribution in [2.75, 3.05) is 0 Å². The molecule has 0 bridgehead atoms. The van der Waals surface area contributed by atoms with E-state index < -0.39 is 0 Å². The van der Waals surface area contributed by atoms with Gasteiger partial charge in [0.2, 0.25) is 0 Å². The van der Waals surface area contributed by atoms with Gasteiger partial charge in [0, 0.05) is 22.6 Å². The number of pyridine rings is 1. The van der Waals surface area contributed by atoms with E-state index in [2.05, 4.69) is 20.9 Å². The lowest BCUT2D eigenvalue weighted by Crippen LogP contribution is -1.98. The third kappa shape index (κ3) is 2.05. The lowest BCUT2D eigenvalue weighted by atomic mass is 10.1. The predicted molar refractivity (Wildman–Crippen MR) is 64.6 cm³/mol. The van der Waals surface area contributed by atoms with Gasteiger partial charge in [0.25, 0.3) is 0 Å². The molecule has 0 aliphatic heterocycles. The number of nitrogens with zero attached hydrogens (tertiary/aromatic N) is 1. The molecule has 0 unspecified atom stereocenters. The topological polar surface area (TPSA) is 38.9 Å². The predicted octanol–water partition coefficient (Wildman–Crippen LogP) is 2.88. The summed E-state index contributed by atoms with van der Waals surface area (Å²) in [6, 6.07) is 8.06. The van der Waals surface area contributed by atoms with E-state index in [1.807, 2.05) is 30.5 Å². The van der Waals surface area contributed by atoms with Gasteiger partial charge < -0.3 is 5.73 Å². The van der Waals surface area contributed by atoms with Crippen molar-refractivity contribution in [2.24, 2.45) is 5.73 Å². The summed E-state index contributed by atoms with van der Waals surface area (Å²) in [7, 11) is 0. The molecule has 1 aromatic heterocycles. The number of fused-ring (bicyclic) bond motifs is 1. The Bertz CT molecular complexity index is 445. The van der Waals surface area contributed by atoms with Crippen LogP contribution in [0, 0.1) is 0 Å². The Morgan fingerprint density at radius 1 is 1.36 bits per heavy atom. The molecule has 0 radical (unpaired) electrons. The van der Waals surface area contributed by atoms with Crippen molar-refractivity contribution in [1.82, 2.24) is 4.98 Å². The molecule has 0 spiro atoms. The van der Waals surface area contributed by atoms with Crippen molar-refractivity contribution in [3.63, 3.8) is 0 Å². The molecule has 2 N–H and O–H groups in total. The highest BCUT2D eigenvalue weighted by Gasteiger charge is 1.99. The molecule has 14 heavy (non-hydrogen) atoms. The van der Waals surface area contributed by atoms with Crippen LogP contribution in [0.1, 0.15) is 5.69 Å². The van der Waals surface area contributed by atoms with Crippen molar-refractivity contribution in [2.45, 2.75) is 6.54 Å². The molecule has 4 heteroatoms. The van der Waals surface area contributed by atoms with Crippen molar-refractivity contribution in [3.8, 4) is 0 Å². The SMILES string of the molecule is Cl.NCc1cc2c(Br)cccc2cn1. The van der Waals surface area contributed by atoms with E-state index in [1.165, 1.54) is 0 Å². The minimum absolute atomic E-state index is 0. The Balaban J connectivity index is 0.000000980. The minimum Gasteiger partial charge on any atom is -0.325 e. The Morgan fingerprint density at radius 3 is 2.86 bits per heavy atom. The first-order valence-corrected chi connectivity index (χ1v) is 4.84. The lowest BCUT2D eigenvalue weighted by Gasteiger charge is -2.01. The number of hydrogen-bond acceptors (Lipinski definition) is 2. The van der Waals surface area contributed by atoms with Gasteiger partial charge in [-0.2, -0.15) is 0 Å². The molecule has 0 saturated heterocycles. The van der Waals surface area contributed by atoms with Crippen molar-refractivity contribution in [3.05, 3.63) is 40.6 Å². The van der Waals surface area contributed by atoms with Gasteiger partial charge in [-0.15, -0.1) is 12.4 Å². The van der Waals surface area contributed by atoms with Crippen LogP contribution in [0.25, 0.3) is 10.8 Å². The quantitative estimate of drug-likeness (QED) is 0.868. The van der Waals surface area contributed by atoms with Crippen LogP contribution >= 0.6 is 28.3 Å². The second-order valence-corrected chi connectivity index (χ2v) is 3.70. The molecule has 0 amide bonds. The second-order valence-electron chi connectivity index (χ2n) is 2.84. The van der Waals surface area contributed by atoms with E-state index in [-0.39, 0.29) is 12.4 Å². The maximum absolute atomic E-state index is 5.51. The Morgan fingerprint density at radius 2 is 2.14 bits per heavy atom. The number of aromatic nitrogens is 1. The number of hydrogen-bond donors (Lipinski definition) is 1. The highest BCUT2D eigenvalue weighted by Crippen LogP contribution is 2.23. The fraction of sp³-hybridized carbons (Fsp3) is 0.100. The molecule has 1 aromatic carbocycles. The molecule has 2 nitrogen and oxygen atoms in total. The number of nitrogens with two attached hydrogens (primary N) is 1. The van der Waals surface area contributed by atoms with Crippen LogP contribution in [0.15, 0.2) is 34.9 Å². The average Bonchev–Trinajstić information content (AvgIpc) is 2.18. The largest absolute Gasteiger partial charge is 0.325 e. The molecular weight excluding hydrogens is 263 g/mol. The minimum atomic E-state index is 0. The van der Waals surface area contributed by atoms with E-state index in [0.29, 0.717) is 6.54 Å². The molecule has 0 atom stereocenters. The molecule has 0 fully saturated rings. The Hall–Kier alpha value is -0.640. The summed E-state index contributed by atoms with van der Waals surface area (Å²) in [6.45, 7) is 0.483. The van der Waals surface area contributed by atoms with Gasteiger partial charge in [-0.1, -0.05) is 28.1 Å². The third-order valence-electron chi connectivity index (χ3n) is 1.98. The van der Waals surface area contributed by atoms with Gasteiger partial charge in [-0.3, -0.25) is 4.98 Å². The zero-order valence-electron chi connectivity index (χ0n) is 7.40. The van der Waals surface area contributed by atoms with E-state index in [4.69, 9.17) is 5.73 Å². The van der Waals surface area contributed by atoms with Crippen LogP contribution in [-0.2, 0) is 6.54 Å². The second kappa shape index (κ2) is 4.73. The van der Waals surface area contributed by atoms with E-state index >= 15 is 0 Å². The molecule has 1 heterocycles. The summed E-state index contributed by atoms with van der Waals surface area (Å²) in [5.41, 5.74) is 6.43. The Kier molecular flexibility index (Phi) is 3.86. The molecule has 0 aliphatic carbocycles. The van der Waals surface area contributed by atoms with Crippen LogP contribution in [0.4, 0.5) is 0 Å². The van der Waals surface area contributed by atoms with E-state index in [9.17, 15) is 0 Å². The molecule has 74 valence electrons. The first-order chi connectivity index (χ1) is 6.31. The van der Waals surface area contributed by atoms with Crippen molar-refractivity contribution < 1.29 is 0 Å². The smallest absolute Gasteiger partial charge is 0.0546 e. The summed E-state index contributed by atoms with van der Waals surface area (Å²) < 4.78 is 1.09. The van der Waals surface area contributed by atoms with Gasteiger partial charge >= 0.3 is 0 Å². The number of rotatable bonds is 1.